The van der Waals surface area contributed by atoms with E-state index in [4.69, 9.17) is 26.0 Å². The Bertz CT molecular complexity index is 625. The largest absolute Gasteiger partial charge is 0.484 e. The molecule has 1 N–H and O–H groups in total. The van der Waals surface area contributed by atoms with Gasteiger partial charge in [-0.05, 0) is 18.2 Å². The summed E-state index contributed by atoms with van der Waals surface area (Å²) in [6.07, 6.45) is 0. The molecule has 0 aliphatic carbocycles. The molecule has 1 heterocycles. The molecule has 0 atom stereocenters. The molecule has 20 heavy (non-hydrogen) atoms. The monoisotopic (exact) mass is 296 g/mol. The van der Waals surface area contributed by atoms with Gasteiger partial charge in [0.1, 0.15) is 5.75 Å². The van der Waals surface area contributed by atoms with Crippen LogP contribution < -0.4 is 4.74 Å². The first-order valence-corrected chi connectivity index (χ1v) is 6.33. The molecule has 2 aromatic rings. The summed E-state index contributed by atoms with van der Waals surface area (Å²) in [6.45, 7) is 3.99. The van der Waals surface area contributed by atoms with E-state index < -0.39 is 5.97 Å². The van der Waals surface area contributed by atoms with Crippen molar-refractivity contribution in [1.29, 1.82) is 0 Å². The highest BCUT2D eigenvalue weighted by Crippen LogP contribution is 2.26. The Morgan fingerprint density at radius 3 is 2.80 bits per heavy atom. The maximum atomic E-state index is 10.8. The number of rotatable bonds is 5. The maximum absolute atomic E-state index is 10.8. The van der Waals surface area contributed by atoms with Crippen LogP contribution in [0.2, 0.25) is 5.02 Å². The number of carbonyl (C=O) groups is 1. The lowest BCUT2D eigenvalue weighted by molar-refractivity contribution is 0.0697. The van der Waals surface area contributed by atoms with E-state index in [9.17, 15) is 4.79 Å². The number of carboxylic acid groups (broad SMARTS) is 1. The summed E-state index contributed by atoms with van der Waals surface area (Å²) in [4.78, 5) is 14.9. The molecule has 0 bridgehead atoms. The van der Waals surface area contributed by atoms with Gasteiger partial charge in [0.15, 0.2) is 6.61 Å². The van der Waals surface area contributed by atoms with Crippen LogP contribution in [-0.2, 0) is 6.61 Å². The third-order valence-corrected chi connectivity index (χ3v) is 2.81. The molecule has 0 unspecified atom stereocenters. The smallest absolute Gasteiger partial charge is 0.335 e. The second kappa shape index (κ2) is 5.92. The quantitative estimate of drug-likeness (QED) is 0.912. The van der Waals surface area contributed by atoms with E-state index in [0.29, 0.717) is 17.5 Å². The first kappa shape index (κ1) is 14.3. The van der Waals surface area contributed by atoms with E-state index in [1.54, 1.807) is 0 Å². The number of ether oxygens (including phenoxy) is 1. The summed E-state index contributed by atoms with van der Waals surface area (Å²) < 4.78 is 10.5. The van der Waals surface area contributed by atoms with Crippen LogP contribution >= 0.6 is 11.6 Å². The predicted molar refractivity (Wildman–Crippen MR) is 71.1 cm³/mol. The normalized spacial score (nSPS) is 10.8. The molecule has 0 aliphatic heterocycles. The minimum Gasteiger partial charge on any atom is -0.484 e. The topological polar surface area (TPSA) is 85.5 Å². The van der Waals surface area contributed by atoms with Gasteiger partial charge in [0.05, 0.1) is 10.6 Å². The Labute approximate surface area is 120 Å². The molecule has 0 saturated carbocycles. The molecule has 7 heteroatoms. The van der Waals surface area contributed by atoms with Crippen molar-refractivity contribution in [3.05, 3.63) is 40.5 Å². The second-order valence-electron chi connectivity index (χ2n) is 4.44. The summed E-state index contributed by atoms with van der Waals surface area (Å²) in [6, 6.07) is 4.24. The van der Waals surface area contributed by atoms with Gasteiger partial charge < -0.3 is 14.4 Å². The minimum atomic E-state index is -1.04. The summed E-state index contributed by atoms with van der Waals surface area (Å²) >= 11 is 5.94. The standard InChI is InChI=1S/C13H13ClN2O4/c1-7(2)12-15-11(16-20-12)6-19-10-4-3-8(13(17)18)5-9(10)14/h3-5,7H,6H2,1-2H3,(H,17,18). The average molecular weight is 297 g/mol. The molecule has 106 valence electrons. The lowest BCUT2D eigenvalue weighted by Crippen LogP contribution is -2.00. The fourth-order valence-electron chi connectivity index (χ4n) is 1.45. The highest BCUT2D eigenvalue weighted by atomic mass is 35.5. The van der Waals surface area contributed by atoms with Crippen LogP contribution in [0.15, 0.2) is 22.7 Å². The molecule has 0 amide bonds. The number of nitrogens with zero attached hydrogens (tertiary/aromatic N) is 2. The second-order valence-corrected chi connectivity index (χ2v) is 4.85. The summed E-state index contributed by atoms with van der Waals surface area (Å²) in [5.74, 6) is 0.420. The fourth-order valence-corrected chi connectivity index (χ4v) is 1.69. The molecule has 1 aromatic carbocycles. The van der Waals surface area contributed by atoms with E-state index in [2.05, 4.69) is 10.1 Å². The molecule has 2 rings (SSSR count). The van der Waals surface area contributed by atoms with E-state index in [1.807, 2.05) is 13.8 Å². The summed E-state index contributed by atoms with van der Waals surface area (Å²) in [5, 5.41) is 12.8. The molecule has 0 fully saturated rings. The van der Waals surface area contributed by atoms with Crippen molar-refractivity contribution in [1.82, 2.24) is 10.1 Å². The zero-order valence-electron chi connectivity index (χ0n) is 11.0. The van der Waals surface area contributed by atoms with Crippen LogP contribution in [0.25, 0.3) is 0 Å². The summed E-state index contributed by atoms with van der Waals surface area (Å²) in [7, 11) is 0. The number of carboxylic acids is 1. The van der Waals surface area contributed by atoms with Crippen molar-refractivity contribution in [2.45, 2.75) is 26.4 Å². The van der Waals surface area contributed by atoms with E-state index in [-0.39, 0.29) is 23.1 Å². The molecular formula is C13H13ClN2O4. The zero-order chi connectivity index (χ0) is 14.7. The average Bonchev–Trinajstić information content (AvgIpc) is 2.86. The van der Waals surface area contributed by atoms with Gasteiger partial charge in [-0.15, -0.1) is 0 Å². The molecular weight excluding hydrogens is 284 g/mol. The van der Waals surface area contributed by atoms with E-state index in [0.717, 1.165) is 0 Å². The van der Waals surface area contributed by atoms with Gasteiger partial charge in [-0.3, -0.25) is 0 Å². The van der Waals surface area contributed by atoms with Gasteiger partial charge in [-0.2, -0.15) is 4.98 Å². The van der Waals surface area contributed by atoms with Crippen molar-refractivity contribution in [3.63, 3.8) is 0 Å². The number of hydrogen-bond donors (Lipinski definition) is 1. The van der Waals surface area contributed by atoms with Crippen molar-refractivity contribution < 1.29 is 19.2 Å². The SMILES string of the molecule is CC(C)c1nc(COc2ccc(C(=O)O)cc2Cl)no1. The molecule has 0 radical (unpaired) electrons. The number of benzene rings is 1. The molecule has 6 nitrogen and oxygen atoms in total. The molecule has 0 aliphatic rings. The van der Waals surface area contributed by atoms with Crippen LogP contribution in [-0.4, -0.2) is 21.2 Å². The van der Waals surface area contributed by atoms with Crippen molar-refractivity contribution in [2.75, 3.05) is 0 Å². The van der Waals surface area contributed by atoms with Gasteiger partial charge in [-0.25, -0.2) is 4.79 Å². The fraction of sp³-hybridized carbons (Fsp3) is 0.308. The lowest BCUT2D eigenvalue weighted by Gasteiger charge is -2.06. The first-order valence-electron chi connectivity index (χ1n) is 5.95. The summed E-state index contributed by atoms with van der Waals surface area (Å²) in [5.41, 5.74) is 0.101. The van der Waals surface area contributed by atoms with Crippen LogP contribution in [0.5, 0.6) is 5.75 Å². The number of aromatic nitrogens is 2. The molecule has 0 saturated heterocycles. The van der Waals surface area contributed by atoms with Gasteiger partial charge in [0.2, 0.25) is 11.7 Å². The molecule has 1 aromatic heterocycles. The molecule has 0 spiro atoms. The van der Waals surface area contributed by atoms with Crippen LogP contribution in [0.3, 0.4) is 0 Å². The Morgan fingerprint density at radius 2 is 2.25 bits per heavy atom. The minimum absolute atomic E-state index is 0.0996. The van der Waals surface area contributed by atoms with Gasteiger partial charge >= 0.3 is 5.97 Å². The zero-order valence-corrected chi connectivity index (χ0v) is 11.7. The van der Waals surface area contributed by atoms with E-state index >= 15 is 0 Å². The Kier molecular flexibility index (Phi) is 4.24. The van der Waals surface area contributed by atoms with Crippen LogP contribution in [0.4, 0.5) is 0 Å². The number of hydrogen-bond acceptors (Lipinski definition) is 5. The number of halogens is 1. The van der Waals surface area contributed by atoms with Gasteiger partial charge in [0, 0.05) is 5.92 Å². The Hall–Kier alpha value is -2.08. The first-order chi connectivity index (χ1) is 9.47. The number of aromatic carboxylic acids is 1. The maximum Gasteiger partial charge on any atom is 0.335 e. The highest BCUT2D eigenvalue weighted by Gasteiger charge is 2.12. The third kappa shape index (κ3) is 3.27. The van der Waals surface area contributed by atoms with Crippen molar-refractivity contribution in [2.24, 2.45) is 0 Å². The van der Waals surface area contributed by atoms with Crippen LogP contribution in [0.1, 0.15) is 41.8 Å². The Morgan fingerprint density at radius 1 is 1.50 bits per heavy atom. The van der Waals surface area contributed by atoms with Crippen molar-refractivity contribution >= 4 is 17.6 Å². The van der Waals surface area contributed by atoms with Gasteiger partial charge in [0.25, 0.3) is 0 Å². The third-order valence-electron chi connectivity index (χ3n) is 2.51. The Balaban J connectivity index is 2.05. The van der Waals surface area contributed by atoms with Crippen LogP contribution in [0, 0.1) is 0 Å². The van der Waals surface area contributed by atoms with Gasteiger partial charge in [-0.1, -0.05) is 30.6 Å². The van der Waals surface area contributed by atoms with Crippen molar-refractivity contribution in [3.8, 4) is 5.75 Å². The van der Waals surface area contributed by atoms with E-state index in [1.165, 1.54) is 18.2 Å². The highest BCUT2D eigenvalue weighted by molar-refractivity contribution is 6.32. The lowest BCUT2D eigenvalue weighted by atomic mass is 10.2. The predicted octanol–water partition coefficient (Wildman–Crippen LogP) is 3.12.